The van der Waals surface area contributed by atoms with Crippen molar-refractivity contribution >= 4 is 22.7 Å². The number of hydrogen-bond donors (Lipinski definition) is 1. The SMILES string of the molecule is CSc1ccc2cc3c(nc2c1)CCNC3. The molecule has 2 aromatic rings. The lowest BCUT2D eigenvalue weighted by atomic mass is 10.0. The minimum absolute atomic E-state index is 0.961. The lowest BCUT2D eigenvalue weighted by Crippen LogP contribution is -2.24. The molecule has 3 rings (SSSR count). The first-order valence-electron chi connectivity index (χ1n) is 5.54. The molecule has 1 aromatic heterocycles. The van der Waals surface area contributed by atoms with Crippen molar-refractivity contribution in [2.45, 2.75) is 17.9 Å². The number of aromatic nitrogens is 1. The van der Waals surface area contributed by atoms with Crippen LogP contribution in [0.25, 0.3) is 10.9 Å². The van der Waals surface area contributed by atoms with E-state index in [4.69, 9.17) is 4.98 Å². The highest BCUT2D eigenvalue weighted by molar-refractivity contribution is 7.98. The van der Waals surface area contributed by atoms with E-state index < -0.39 is 0 Å². The first-order valence-corrected chi connectivity index (χ1v) is 6.76. The molecule has 0 spiro atoms. The first kappa shape index (κ1) is 10.1. The molecule has 0 unspecified atom stereocenters. The minimum Gasteiger partial charge on any atom is -0.312 e. The summed E-state index contributed by atoms with van der Waals surface area (Å²) in [5.41, 5.74) is 3.76. The molecule has 1 aliphatic rings. The van der Waals surface area contributed by atoms with Gasteiger partial charge in [-0.1, -0.05) is 6.07 Å². The molecule has 3 heteroatoms. The second-order valence-electron chi connectivity index (χ2n) is 4.08. The number of fused-ring (bicyclic) bond motifs is 2. The second-order valence-corrected chi connectivity index (χ2v) is 4.96. The van der Waals surface area contributed by atoms with E-state index in [0.29, 0.717) is 0 Å². The summed E-state index contributed by atoms with van der Waals surface area (Å²) in [7, 11) is 0. The van der Waals surface area contributed by atoms with E-state index in [-0.39, 0.29) is 0 Å². The van der Waals surface area contributed by atoms with E-state index in [1.165, 1.54) is 21.5 Å². The monoisotopic (exact) mass is 230 g/mol. The second kappa shape index (κ2) is 4.07. The molecule has 0 amide bonds. The van der Waals surface area contributed by atoms with Crippen LogP contribution in [-0.2, 0) is 13.0 Å². The summed E-state index contributed by atoms with van der Waals surface area (Å²) < 4.78 is 0. The molecule has 2 heterocycles. The van der Waals surface area contributed by atoms with Gasteiger partial charge >= 0.3 is 0 Å². The molecule has 16 heavy (non-hydrogen) atoms. The van der Waals surface area contributed by atoms with Gasteiger partial charge in [-0.15, -0.1) is 11.8 Å². The Morgan fingerprint density at radius 2 is 2.25 bits per heavy atom. The molecule has 0 radical (unpaired) electrons. The number of nitrogens with one attached hydrogen (secondary N) is 1. The predicted molar refractivity (Wildman–Crippen MR) is 68.9 cm³/mol. The highest BCUT2D eigenvalue weighted by Gasteiger charge is 2.11. The summed E-state index contributed by atoms with van der Waals surface area (Å²) in [6.45, 7) is 2.01. The number of benzene rings is 1. The van der Waals surface area contributed by atoms with Crippen LogP contribution in [0.1, 0.15) is 11.3 Å². The Bertz CT molecular complexity index is 537. The van der Waals surface area contributed by atoms with Gasteiger partial charge in [0.25, 0.3) is 0 Å². The van der Waals surface area contributed by atoms with Crippen LogP contribution >= 0.6 is 11.8 Å². The predicted octanol–water partition coefficient (Wildman–Crippen LogP) is 2.60. The Labute approximate surface area is 99.5 Å². The van der Waals surface area contributed by atoms with Crippen molar-refractivity contribution in [2.75, 3.05) is 12.8 Å². The molecule has 0 atom stereocenters. The van der Waals surface area contributed by atoms with Gasteiger partial charge in [0.05, 0.1) is 5.52 Å². The fraction of sp³-hybridized carbons (Fsp3) is 0.308. The number of thioether (sulfide) groups is 1. The third-order valence-corrected chi connectivity index (χ3v) is 3.77. The first-order chi connectivity index (χ1) is 7.86. The van der Waals surface area contributed by atoms with Crippen molar-refractivity contribution in [1.29, 1.82) is 0 Å². The molecule has 0 saturated heterocycles. The van der Waals surface area contributed by atoms with Crippen LogP contribution in [0.15, 0.2) is 29.2 Å². The smallest absolute Gasteiger partial charge is 0.0716 e. The van der Waals surface area contributed by atoms with Crippen LogP contribution in [-0.4, -0.2) is 17.8 Å². The largest absolute Gasteiger partial charge is 0.312 e. The van der Waals surface area contributed by atoms with E-state index in [0.717, 1.165) is 25.0 Å². The van der Waals surface area contributed by atoms with Crippen molar-refractivity contribution in [2.24, 2.45) is 0 Å². The summed E-state index contributed by atoms with van der Waals surface area (Å²) in [4.78, 5) is 6.06. The number of nitrogens with zero attached hydrogens (tertiary/aromatic N) is 1. The van der Waals surface area contributed by atoms with E-state index in [9.17, 15) is 0 Å². The third kappa shape index (κ3) is 1.70. The Morgan fingerprint density at radius 3 is 3.12 bits per heavy atom. The summed E-state index contributed by atoms with van der Waals surface area (Å²) >= 11 is 1.77. The standard InChI is InChI=1S/C13H14N2S/c1-16-11-3-2-9-6-10-8-14-5-4-12(10)15-13(9)7-11/h2-3,6-7,14H,4-5,8H2,1H3. The molecule has 2 nitrogen and oxygen atoms in total. The average Bonchev–Trinajstić information content (AvgIpc) is 2.35. The number of pyridine rings is 1. The lowest BCUT2D eigenvalue weighted by molar-refractivity contribution is 0.633. The maximum Gasteiger partial charge on any atom is 0.0716 e. The topological polar surface area (TPSA) is 24.9 Å². The zero-order valence-corrected chi connectivity index (χ0v) is 10.1. The van der Waals surface area contributed by atoms with Gasteiger partial charge in [-0.2, -0.15) is 0 Å². The van der Waals surface area contributed by atoms with Gasteiger partial charge < -0.3 is 5.32 Å². The molecule has 82 valence electrons. The Balaban J connectivity index is 2.19. The Morgan fingerprint density at radius 1 is 1.31 bits per heavy atom. The van der Waals surface area contributed by atoms with Gasteiger partial charge in [0.2, 0.25) is 0 Å². The molecule has 0 bridgehead atoms. The zero-order chi connectivity index (χ0) is 11.0. The maximum absolute atomic E-state index is 4.77. The molecule has 0 saturated carbocycles. The minimum atomic E-state index is 0.961. The van der Waals surface area contributed by atoms with Crippen LogP contribution in [0, 0.1) is 0 Å². The van der Waals surface area contributed by atoms with Gasteiger partial charge in [-0.25, -0.2) is 0 Å². The molecule has 0 fully saturated rings. The fourth-order valence-electron chi connectivity index (χ4n) is 2.16. The van der Waals surface area contributed by atoms with Gasteiger partial charge in [0.15, 0.2) is 0 Å². The van der Waals surface area contributed by atoms with Crippen molar-refractivity contribution in [1.82, 2.24) is 10.3 Å². The molecule has 0 aliphatic carbocycles. The van der Waals surface area contributed by atoms with E-state index in [1.54, 1.807) is 11.8 Å². The van der Waals surface area contributed by atoms with Crippen LogP contribution in [0.5, 0.6) is 0 Å². The highest BCUT2D eigenvalue weighted by Crippen LogP contribution is 2.23. The molecule has 1 aliphatic heterocycles. The van der Waals surface area contributed by atoms with E-state index in [2.05, 4.69) is 35.8 Å². The maximum atomic E-state index is 4.77. The zero-order valence-electron chi connectivity index (χ0n) is 9.29. The molecule has 1 aromatic carbocycles. The summed E-state index contributed by atoms with van der Waals surface area (Å²) in [6.07, 6.45) is 3.15. The summed E-state index contributed by atoms with van der Waals surface area (Å²) in [5, 5.41) is 4.63. The molecule has 1 N–H and O–H groups in total. The van der Waals surface area contributed by atoms with Crippen molar-refractivity contribution in [3.8, 4) is 0 Å². The van der Waals surface area contributed by atoms with Crippen molar-refractivity contribution in [3.63, 3.8) is 0 Å². The Hall–Kier alpha value is -1.06. The third-order valence-electron chi connectivity index (χ3n) is 3.05. The highest BCUT2D eigenvalue weighted by atomic mass is 32.2. The quantitative estimate of drug-likeness (QED) is 0.762. The Kier molecular flexibility index (Phi) is 2.58. The van der Waals surface area contributed by atoms with Crippen LogP contribution in [0.4, 0.5) is 0 Å². The van der Waals surface area contributed by atoms with Crippen LogP contribution in [0.3, 0.4) is 0 Å². The number of hydrogen-bond acceptors (Lipinski definition) is 3. The van der Waals surface area contributed by atoms with Crippen molar-refractivity contribution in [3.05, 3.63) is 35.5 Å². The molecular formula is C13H14N2S. The van der Waals surface area contributed by atoms with E-state index >= 15 is 0 Å². The normalized spacial score (nSPS) is 15.1. The lowest BCUT2D eigenvalue weighted by Gasteiger charge is -2.16. The van der Waals surface area contributed by atoms with Gasteiger partial charge in [-0.05, 0) is 30.0 Å². The number of rotatable bonds is 1. The van der Waals surface area contributed by atoms with Crippen LogP contribution in [0.2, 0.25) is 0 Å². The van der Waals surface area contributed by atoms with Gasteiger partial charge in [0, 0.05) is 35.5 Å². The summed E-state index contributed by atoms with van der Waals surface area (Å²) in [6, 6.07) is 8.79. The van der Waals surface area contributed by atoms with Gasteiger partial charge in [0.1, 0.15) is 0 Å². The van der Waals surface area contributed by atoms with E-state index in [1.807, 2.05) is 0 Å². The van der Waals surface area contributed by atoms with Crippen LogP contribution < -0.4 is 5.32 Å². The van der Waals surface area contributed by atoms with Gasteiger partial charge in [-0.3, -0.25) is 4.98 Å². The fourth-order valence-corrected chi connectivity index (χ4v) is 2.59. The molecular weight excluding hydrogens is 216 g/mol. The average molecular weight is 230 g/mol. The summed E-state index contributed by atoms with van der Waals surface area (Å²) in [5.74, 6) is 0. The van der Waals surface area contributed by atoms with Crippen molar-refractivity contribution < 1.29 is 0 Å².